The zero-order valence-electron chi connectivity index (χ0n) is 15.8. The number of esters is 2. The Morgan fingerprint density at radius 1 is 0.966 bits per heavy atom. The number of carbonyl (C=O) groups excluding carboxylic acids is 3. The van der Waals surface area contributed by atoms with Crippen molar-refractivity contribution in [3.8, 4) is 5.75 Å². The number of anilines is 1. The molecule has 0 bridgehead atoms. The van der Waals surface area contributed by atoms with Gasteiger partial charge >= 0.3 is 11.9 Å². The number of ether oxygens (including phenoxy) is 2. The van der Waals surface area contributed by atoms with Gasteiger partial charge in [0.25, 0.3) is 0 Å². The van der Waals surface area contributed by atoms with Crippen LogP contribution in [0.15, 0.2) is 66.7 Å². The minimum Gasteiger partial charge on any atom is -0.465 e. The summed E-state index contributed by atoms with van der Waals surface area (Å²) >= 11 is 0. The number of hydrogen-bond acceptors (Lipinski definition) is 5. The summed E-state index contributed by atoms with van der Waals surface area (Å²) < 4.78 is 10.1. The maximum Gasteiger partial charge on any atom is 0.337 e. The highest BCUT2D eigenvalue weighted by Gasteiger charge is 2.37. The molecule has 146 valence electrons. The Bertz CT molecular complexity index is 1080. The van der Waals surface area contributed by atoms with Gasteiger partial charge in [-0.1, -0.05) is 36.4 Å². The number of rotatable bonds is 4. The number of carbonyl (C=O) groups is 3. The first-order valence-electron chi connectivity index (χ1n) is 9.25. The van der Waals surface area contributed by atoms with Gasteiger partial charge in [0, 0.05) is 18.4 Å². The van der Waals surface area contributed by atoms with Gasteiger partial charge in [0.1, 0.15) is 5.75 Å². The molecule has 1 atom stereocenters. The summed E-state index contributed by atoms with van der Waals surface area (Å²) in [6, 6.07) is 19.7. The van der Waals surface area contributed by atoms with Gasteiger partial charge in [0.2, 0.25) is 5.91 Å². The van der Waals surface area contributed by atoms with Crippen molar-refractivity contribution in [3.05, 3.63) is 72.3 Å². The van der Waals surface area contributed by atoms with Gasteiger partial charge in [0.15, 0.2) is 0 Å². The second kappa shape index (κ2) is 7.75. The van der Waals surface area contributed by atoms with E-state index in [1.165, 1.54) is 31.4 Å². The predicted octanol–water partition coefficient (Wildman–Crippen LogP) is 3.58. The first-order chi connectivity index (χ1) is 14.1. The zero-order valence-corrected chi connectivity index (χ0v) is 15.8. The van der Waals surface area contributed by atoms with Crippen molar-refractivity contribution in [1.29, 1.82) is 0 Å². The lowest BCUT2D eigenvalue weighted by molar-refractivity contribution is -0.139. The fraction of sp³-hybridized carbons (Fsp3) is 0.174. The fourth-order valence-corrected chi connectivity index (χ4v) is 3.52. The molecule has 0 aromatic heterocycles. The molecule has 0 spiro atoms. The van der Waals surface area contributed by atoms with Crippen LogP contribution >= 0.6 is 0 Å². The molecule has 1 aliphatic heterocycles. The minimum absolute atomic E-state index is 0.0995. The van der Waals surface area contributed by atoms with E-state index in [4.69, 9.17) is 4.74 Å². The van der Waals surface area contributed by atoms with Crippen molar-refractivity contribution in [2.75, 3.05) is 18.6 Å². The molecule has 0 N–H and O–H groups in total. The lowest BCUT2D eigenvalue weighted by Gasteiger charge is -2.18. The van der Waals surface area contributed by atoms with E-state index < -0.39 is 17.9 Å². The van der Waals surface area contributed by atoms with Crippen molar-refractivity contribution >= 4 is 34.3 Å². The molecule has 0 saturated carbocycles. The van der Waals surface area contributed by atoms with E-state index in [1.54, 1.807) is 4.90 Å². The van der Waals surface area contributed by atoms with Crippen LogP contribution in [0.5, 0.6) is 5.75 Å². The van der Waals surface area contributed by atoms with Crippen LogP contribution in [0.4, 0.5) is 5.69 Å². The summed E-state index contributed by atoms with van der Waals surface area (Å²) in [5.74, 6) is -1.27. The lowest BCUT2D eigenvalue weighted by Crippen LogP contribution is -2.27. The van der Waals surface area contributed by atoms with Gasteiger partial charge in [0.05, 0.1) is 24.3 Å². The molecule has 1 fully saturated rings. The van der Waals surface area contributed by atoms with E-state index in [0.29, 0.717) is 11.3 Å². The van der Waals surface area contributed by atoms with E-state index in [1.807, 2.05) is 42.5 Å². The number of nitrogens with zero attached hydrogens (tertiary/aromatic N) is 1. The van der Waals surface area contributed by atoms with Crippen LogP contribution in [-0.2, 0) is 14.3 Å². The van der Waals surface area contributed by atoms with E-state index >= 15 is 0 Å². The molecule has 6 heteroatoms. The topological polar surface area (TPSA) is 72.9 Å². The summed E-state index contributed by atoms with van der Waals surface area (Å²) in [6.45, 7) is 0.270. The summed E-state index contributed by atoms with van der Waals surface area (Å²) in [6.07, 6.45) is 0.0995. The molecule has 1 aliphatic rings. The van der Waals surface area contributed by atoms with Crippen LogP contribution < -0.4 is 9.64 Å². The Morgan fingerprint density at radius 2 is 1.69 bits per heavy atom. The van der Waals surface area contributed by atoms with Crippen molar-refractivity contribution in [3.63, 3.8) is 0 Å². The minimum atomic E-state index is -0.554. The fourth-order valence-electron chi connectivity index (χ4n) is 3.52. The summed E-state index contributed by atoms with van der Waals surface area (Å²) in [5, 5.41) is 2.00. The molecule has 6 nitrogen and oxygen atoms in total. The van der Waals surface area contributed by atoms with E-state index in [9.17, 15) is 14.4 Å². The molecular weight excluding hydrogens is 370 g/mol. The predicted molar refractivity (Wildman–Crippen MR) is 108 cm³/mol. The van der Waals surface area contributed by atoms with Crippen LogP contribution in [0.1, 0.15) is 16.8 Å². The highest BCUT2D eigenvalue weighted by atomic mass is 16.5. The Balaban J connectivity index is 1.49. The Kier molecular flexibility index (Phi) is 4.99. The highest BCUT2D eigenvalue weighted by molar-refractivity contribution is 6.06. The lowest BCUT2D eigenvalue weighted by atomic mass is 10.1. The van der Waals surface area contributed by atoms with Gasteiger partial charge in [-0.25, -0.2) is 4.79 Å². The number of fused-ring (bicyclic) bond motifs is 1. The molecular formula is C23H19NO5. The normalized spacial score (nSPS) is 16.1. The molecule has 1 saturated heterocycles. The largest absolute Gasteiger partial charge is 0.465 e. The molecule has 3 aromatic rings. The Labute approximate surface area is 167 Å². The molecule has 3 aromatic carbocycles. The Hall–Kier alpha value is -3.67. The number of amides is 1. The molecule has 4 rings (SSSR count). The molecule has 0 unspecified atom stereocenters. The third-order valence-electron chi connectivity index (χ3n) is 5.01. The second-order valence-electron chi connectivity index (χ2n) is 6.84. The highest BCUT2D eigenvalue weighted by Crippen LogP contribution is 2.32. The summed E-state index contributed by atoms with van der Waals surface area (Å²) in [4.78, 5) is 38.3. The first-order valence-corrected chi connectivity index (χ1v) is 9.25. The SMILES string of the molecule is COC(=O)c1ccc(OC(=O)[C@H]2CC(=O)N(c3cccc4ccccc34)C2)cc1. The van der Waals surface area contributed by atoms with Gasteiger partial charge in [-0.3, -0.25) is 9.59 Å². The molecule has 1 amide bonds. The monoisotopic (exact) mass is 389 g/mol. The summed E-state index contributed by atoms with van der Waals surface area (Å²) in [5.41, 5.74) is 1.16. The number of benzene rings is 3. The molecule has 1 heterocycles. The maximum atomic E-state index is 12.6. The van der Waals surface area contributed by atoms with Gasteiger partial charge < -0.3 is 14.4 Å². The third kappa shape index (κ3) is 3.69. The Morgan fingerprint density at radius 3 is 2.45 bits per heavy atom. The quantitative estimate of drug-likeness (QED) is 0.504. The zero-order chi connectivity index (χ0) is 20.4. The standard InChI is InChI=1S/C23H19NO5/c1-28-22(26)16-9-11-18(12-10-16)29-23(27)17-13-21(25)24(14-17)20-8-4-6-15-5-2-3-7-19(15)20/h2-12,17H,13-14H2,1H3/t17-/m0/s1. The van der Waals surface area contributed by atoms with Crippen LogP contribution in [0.2, 0.25) is 0 Å². The average Bonchev–Trinajstić information content (AvgIpc) is 3.15. The van der Waals surface area contributed by atoms with Crippen molar-refractivity contribution in [2.45, 2.75) is 6.42 Å². The maximum absolute atomic E-state index is 12.6. The smallest absolute Gasteiger partial charge is 0.337 e. The summed E-state index contributed by atoms with van der Waals surface area (Å²) in [7, 11) is 1.30. The van der Waals surface area contributed by atoms with Crippen molar-refractivity contribution in [1.82, 2.24) is 0 Å². The first kappa shape index (κ1) is 18.7. The van der Waals surface area contributed by atoms with Crippen molar-refractivity contribution in [2.24, 2.45) is 5.92 Å². The average molecular weight is 389 g/mol. The number of methoxy groups -OCH3 is 1. The van der Waals surface area contributed by atoms with Crippen LogP contribution in [-0.4, -0.2) is 31.5 Å². The second-order valence-corrected chi connectivity index (χ2v) is 6.84. The van der Waals surface area contributed by atoms with E-state index in [2.05, 4.69) is 4.74 Å². The molecule has 29 heavy (non-hydrogen) atoms. The molecule has 0 aliphatic carbocycles. The van der Waals surface area contributed by atoms with Crippen LogP contribution in [0, 0.1) is 5.92 Å². The van der Waals surface area contributed by atoms with E-state index in [0.717, 1.165) is 16.5 Å². The van der Waals surface area contributed by atoms with Crippen LogP contribution in [0.25, 0.3) is 10.8 Å². The number of hydrogen-bond donors (Lipinski definition) is 0. The van der Waals surface area contributed by atoms with Crippen molar-refractivity contribution < 1.29 is 23.9 Å². The van der Waals surface area contributed by atoms with Gasteiger partial charge in [-0.2, -0.15) is 0 Å². The molecule has 0 radical (unpaired) electrons. The third-order valence-corrected chi connectivity index (χ3v) is 5.01. The van der Waals surface area contributed by atoms with Crippen LogP contribution in [0.3, 0.4) is 0 Å². The van der Waals surface area contributed by atoms with E-state index in [-0.39, 0.29) is 18.9 Å². The van der Waals surface area contributed by atoms with Gasteiger partial charge in [-0.05, 0) is 35.7 Å². The van der Waals surface area contributed by atoms with Gasteiger partial charge in [-0.15, -0.1) is 0 Å².